The van der Waals surface area contributed by atoms with E-state index in [2.05, 4.69) is 31.0 Å². The van der Waals surface area contributed by atoms with Crippen molar-refractivity contribution in [2.24, 2.45) is 5.10 Å². The van der Waals surface area contributed by atoms with E-state index >= 15 is 0 Å². The molecule has 0 amide bonds. The number of ether oxygens (including phenoxy) is 1. The normalized spacial score (nSPS) is 11.2. The standard InChI is InChI=1S/C21H14BrN5O4/c1-13-25-18-8-6-15(22)10-17(18)21(28)26(13)24-11-14-4-2-3-5-19(14)31-20-9-7-16(12-23-20)27(29)30/h2-12H,1H3. The quantitative estimate of drug-likeness (QED) is 0.237. The van der Waals surface area contributed by atoms with Gasteiger partial charge in [0.15, 0.2) is 0 Å². The Morgan fingerprint density at radius 3 is 2.74 bits per heavy atom. The van der Waals surface area contributed by atoms with Crippen LogP contribution < -0.4 is 10.3 Å². The Kier molecular flexibility index (Phi) is 5.54. The molecule has 0 aliphatic rings. The molecule has 154 valence electrons. The van der Waals surface area contributed by atoms with Crippen LogP contribution in [0.2, 0.25) is 0 Å². The van der Waals surface area contributed by atoms with Crippen molar-refractivity contribution in [1.82, 2.24) is 14.6 Å². The van der Waals surface area contributed by atoms with Crippen LogP contribution in [0.5, 0.6) is 11.6 Å². The summed E-state index contributed by atoms with van der Waals surface area (Å²) in [6.45, 7) is 1.70. The molecule has 0 radical (unpaired) electrons. The van der Waals surface area contributed by atoms with Crippen LogP contribution >= 0.6 is 15.9 Å². The molecule has 0 fully saturated rings. The zero-order valence-electron chi connectivity index (χ0n) is 16.1. The SMILES string of the molecule is Cc1nc2ccc(Br)cc2c(=O)n1N=Cc1ccccc1Oc1ccc([N+](=O)[O-])cn1. The van der Waals surface area contributed by atoms with E-state index in [9.17, 15) is 14.9 Å². The Balaban J connectivity index is 1.68. The number of nitro groups is 1. The van der Waals surface area contributed by atoms with Crippen molar-refractivity contribution in [1.29, 1.82) is 0 Å². The molecule has 2 aromatic carbocycles. The van der Waals surface area contributed by atoms with E-state index in [4.69, 9.17) is 4.74 Å². The fraction of sp³-hybridized carbons (Fsp3) is 0.0476. The third-order valence-corrected chi connectivity index (χ3v) is 4.84. The number of aromatic nitrogens is 3. The first-order chi connectivity index (χ1) is 14.9. The van der Waals surface area contributed by atoms with E-state index in [0.717, 1.165) is 10.7 Å². The van der Waals surface area contributed by atoms with E-state index in [1.807, 2.05) is 6.07 Å². The average Bonchev–Trinajstić information content (AvgIpc) is 2.75. The molecule has 2 heterocycles. The van der Waals surface area contributed by atoms with Gasteiger partial charge in [0.1, 0.15) is 17.8 Å². The summed E-state index contributed by atoms with van der Waals surface area (Å²) in [6, 6.07) is 15.0. The van der Waals surface area contributed by atoms with Crippen molar-refractivity contribution in [3.8, 4) is 11.6 Å². The van der Waals surface area contributed by atoms with Gasteiger partial charge in [0, 0.05) is 22.2 Å². The van der Waals surface area contributed by atoms with Crippen molar-refractivity contribution >= 4 is 38.7 Å². The molecule has 4 rings (SSSR count). The van der Waals surface area contributed by atoms with Gasteiger partial charge in [0.05, 0.1) is 22.0 Å². The minimum Gasteiger partial charge on any atom is -0.438 e. The minimum atomic E-state index is -0.534. The third kappa shape index (κ3) is 4.33. The molecular formula is C21H14BrN5O4. The van der Waals surface area contributed by atoms with Gasteiger partial charge in [0.25, 0.3) is 11.2 Å². The first-order valence-electron chi connectivity index (χ1n) is 9.03. The molecule has 0 bridgehead atoms. The van der Waals surface area contributed by atoms with Crippen LogP contribution in [0.4, 0.5) is 5.69 Å². The average molecular weight is 480 g/mol. The molecule has 0 aliphatic carbocycles. The number of aryl methyl sites for hydroxylation is 1. The summed E-state index contributed by atoms with van der Waals surface area (Å²) in [5, 5.41) is 15.5. The van der Waals surface area contributed by atoms with Crippen molar-refractivity contribution in [3.05, 3.63) is 97.1 Å². The van der Waals surface area contributed by atoms with Crippen LogP contribution in [0, 0.1) is 17.0 Å². The highest BCUT2D eigenvalue weighted by Crippen LogP contribution is 2.24. The molecule has 0 unspecified atom stereocenters. The number of hydrogen-bond acceptors (Lipinski definition) is 7. The van der Waals surface area contributed by atoms with Crippen LogP contribution in [0.25, 0.3) is 10.9 Å². The third-order valence-electron chi connectivity index (χ3n) is 4.35. The van der Waals surface area contributed by atoms with Gasteiger partial charge in [-0.1, -0.05) is 28.1 Å². The summed E-state index contributed by atoms with van der Waals surface area (Å²) in [6.07, 6.45) is 2.61. The summed E-state index contributed by atoms with van der Waals surface area (Å²) >= 11 is 3.36. The Morgan fingerprint density at radius 1 is 1.19 bits per heavy atom. The van der Waals surface area contributed by atoms with Crippen LogP contribution in [0.15, 0.2) is 75.2 Å². The maximum Gasteiger partial charge on any atom is 0.287 e. The van der Waals surface area contributed by atoms with Gasteiger partial charge in [-0.3, -0.25) is 14.9 Å². The molecule has 0 saturated carbocycles. The highest BCUT2D eigenvalue weighted by Gasteiger charge is 2.10. The monoisotopic (exact) mass is 479 g/mol. The van der Waals surface area contributed by atoms with E-state index < -0.39 is 4.92 Å². The highest BCUT2D eigenvalue weighted by atomic mass is 79.9. The first-order valence-corrected chi connectivity index (χ1v) is 9.82. The first kappa shape index (κ1) is 20.4. The van der Waals surface area contributed by atoms with E-state index in [-0.39, 0.29) is 17.1 Å². The largest absolute Gasteiger partial charge is 0.438 e. The maximum atomic E-state index is 12.9. The smallest absolute Gasteiger partial charge is 0.287 e. The summed E-state index contributed by atoms with van der Waals surface area (Å²) in [7, 11) is 0. The van der Waals surface area contributed by atoms with Crippen molar-refractivity contribution in [2.75, 3.05) is 0 Å². The van der Waals surface area contributed by atoms with Crippen LogP contribution in [0.3, 0.4) is 0 Å². The molecule has 4 aromatic rings. The number of benzene rings is 2. The number of fused-ring (bicyclic) bond motifs is 1. The fourth-order valence-electron chi connectivity index (χ4n) is 2.85. The van der Waals surface area contributed by atoms with Crippen LogP contribution in [-0.4, -0.2) is 25.8 Å². The number of pyridine rings is 1. The summed E-state index contributed by atoms with van der Waals surface area (Å²) in [5.41, 5.74) is 0.747. The zero-order valence-corrected chi connectivity index (χ0v) is 17.7. The summed E-state index contributed by atoms with van der Waals surface area (Å²) < 4.78 is 7.73. The number of halogens is 1. The molecule has 0 saturated heterocycles. The number of hydrogen-bond donors (Lipinski definition) is 0. The Morgan fingerprint density at radius 2 is 2.00 bits per heavy atom. The lowest BCUT2D eigenvalue weighted by molar-refractivity contribution is -0.385. The van der Waals surface area contributed by atoms with Crippen molar-refractivity contribution < 1.29 is 9.66 Å². The Labute approximate surface area is 183 Å². The topological polar surface area (TPSA) is 113 Å². The van der Waals surface area contributed by atoms with Crippen LogP contribution in [-0.2, 0) is 0 Å². The lowest BCUT2D eigenvalue weighted by atomic mass is 10.2. The van der Waals surface area contributed by atoms with Gasteiger partial charge in [0.2, 0.25) is 5.88 Å². The highest BCUT2D eigenvalue weighted by molar-refractivity contribution is 9.10. The van der Waals surface area contributed by atoms with Gasteiger partial charge >= 0.3 is 0 Å². The summed E-state index contributed by atoms with van der Waals surface area (Å²) in [4.78, 5) is 31.5. The van der Waals surface area contributed by atoms with Gasteiger partial charge in [-0.2, -0.15) is 9.78 Å². The predicted molar refractivity (Wildman–Crippen MR) is 119 cm³/mol. The van der Waals surface area contributed by atoms with Crippen LogP contribution in [0.1, 0.15) is 11.4 Å². The Bertz CT molecular complexity index is 1380. The molecular weight excluding hydrogens is 466 g/mol. The molecule has 0 N–H and O–H groups in total. The molecule has 0 aliphatic heterocycles. The lowest BCUT2D eigenvalue weighted by Gasteiger charge is -2.08. The fourth-order valence-corrected chi connectivity index (χ4v) is 3.21. The zero-order chi connectivity index (χ0) is 22.0. The second-order valence-corrected chi connectivity index (χ2v) is 7.35. The minimum absolute atomic E-state index is 0.132. The molecule has 31 heavy (non-hydrogen) atoms. The molecule has 9 nitrogen and oxygen atoms in total. The van der Waals surface area contributed by atoms with E-state index in [1.54, 1.807) is 43.3 Å². The Hall–Kier alpha value is -3.92. The number of rotatable bonds is 5. The molecule has 0 atom stereocenters. The maximum absolute atomic E-state index is 12.9. The second-order valence-electron chi connectivity index (χ2n) is 6.43. The predicted octanol–water partition coefficient (Wildman–Crippen LogP) is 4.45. The molecule has 10 heteroatoms. The van der Waals surface area contributed by atoms with Gasteiger partial charge < -0.3 is 4.74 Å². The second kappa shape index (κ2) is 8.44. The number of para-hydroxylation sites is 1. The van der Waals surface area contributed by atoms with Crippen molar-refractivity contribution in [3.63, 3.8) is 0 Å². The number of nitrogens with zero attached hydrogens (tertiary/aromatic N) is 5. The van der Waals surface area contributed by atoms with Gasteiger partial charge in [-0.05, 0) is 37.3 Å². The van der Waals surface area contributed by atoms with Gasteiger partial charge in [-0.25, -0.2) is 9.97 Å². The van der Waals surface area contributed by atoms with Crippen molar-refractivity contribution in [2.45, 2.75) is 6.92 Å². The van der Waals surface area contributed by atoms with E-state index in [1.165, 1.54) is 23.0 Å². The summed E-state index contributed by atoms with van der Waals surface area (Å²) in [5.74, 6) is 1.05. The van der Waals surface area contributed by atoms with E-state index in [0.29, 0.717) is 28.0 Å². The molecule has 0 spiro atoms. The molecule has 2 aromatic heterocycles. The lowest BCUT2D eigenvalue weighted by Crippen LogP contribution is -2.20. The van der Waals surface area contributed by atoms with Gasteiger partial charge in [-0.15, -0.1) is 0 Å².